The Morgan fingerprint density at radius 2 is 1.97 bits per heavy atom. The smallest absolute Gasteiger partial charge is 0.326 e. The van der Waals surface area contributed by atoms with E-state index in [1.165, 1.54) is 12.7 Å². The molecule has 1 aliphatic heterocycles. The van der Waals surface area contributed by atoms with Gasteiger partial charge in [0.25, 0.3) is 0 Å². The van der Waals surface area contributed by atoms with Crippen molar-refractivity contribution in [2.24, 2.45) is 0 Å². The Kier molecular flexibility index (Phi) is 6.84. The Morgan fingerprint density at radius 3 is 2.70 bits per heavy atom. The quantitative estimate of drug-likeness (QED) is 0.427. The molecule has 174 valence electrons. The molecule has 4 rings (SSSR count). The van der Waals surface area contributed by atoms with E-state index in [4.69, 9.17) is 13.9 Å². The molecule has 0 spiro atoms. The van der Waals surface area contributed by atoms with Crippen molar-refractivity contribution in [2.75, 3.05) is 13.7 Å². The molecule has 2 aromatic carbocycles. The average Bonchev–Trinajstić information content (AvgIpc) is 3.41. The summed E-state index contributed by atoms with van der Waals surface area (Å²) in [6.45, 7) is 7.91. The lowest BCUT2D eigenvalue weighted by Crippen LogP contribution is -2.50. The standard InChI is InChI=1S/C27H32N2O4/c1-5-27(26(30)31-4)14-7-15-29(27)17-21-8-6-9-23(16-21)32-18-24-20(3)33-25(28-24)22-12-10-19(2)11-13-22/h6,8-13,16H,5,7,14-15,17-18H2,1-4H3. The number of benzene rings is 2. The summed E-state index contributed by atoms with van der Waals surface area (Å²) in [6, 6.07) is 16.1. The Balaban J connectivity index is 1.44. The SMILES string of the molecule is CCC1(C(=O)OC)CCCN1Cc1cccc(OCc2nc(-c3ccc(C)cc3)oc2C)c1. The van der Waals surface area contributed by atoms with Crippen LogP contribution in [0.25, 0.3) is 11.5 Å². The van der Waals surface area contributed by atoms with Gasteiger partial charge in [-0.05, 0) is 69.5 Å². The minimum Gasteiger partial charge on any atom is -0.487 e. The number of likely N-dealkylation sites (tertiary alicyclic amines) is 1. The second kappa shape index (κ2) is 9.79. The number of nitrogens with zero attached hydrogens (tertiary/aromatic N) is 2. The zero-order chi connectivity index (χ0) is 23.4. The van der Waals surface area contributed by atoms with E-state index in [9.17, 15) is 4.79 Å². The van der Waals surface area contributed by atoms with E-state index >= 15 is 0 Å². The highest BCUT2D eigenvalue weighted by molar-refractivity contribution is 5.81. The fourth-order valence-corrected chi connectivity index (χ4v) is 4.62. The van der Waals surface area contributed by atoms with E-state index in [1.54, 1.807) is 0 Å². The summed E-state index contributed by atoms with van der Waals surface area (Å²) >= 11 is 0. The Morgan fingerprint density at radius 1 is 1.18 bits per heavy atom. The summed E-state index contributed by atoms with van der Waals surface area (Å²) in [4.78, 5) is 19.4. The molecule has 6 heteroatoms. The Hall–Kier alpha value is -3.12. The number of carbonyl (C=O) groups is 1. The van der Waals surface area contributed by atoms with Crippen LogP contribution in [0.3, 0.4) is 0 Å². The summed E-state index contributed by atoms with van der Waals surface area (Å²) in [6.07, 6.45) is 2.57. The van der Waals surface area contributed by atoms with Gasteiger partial charge in [-0.3, -0.25) is 9.69 Å². The lowest BCUT2D eigenvalue weighted by molar-refractivity contribution is -0.154. The highest BCUT2D eigenvalue weighted by Gasteiger charge is 2.46. The van der Waals surface area contributed by atoms with Crippen LogP contribution in [-0.4, -0.2) is 35.0 Å². The van der Waals surface area contributed by atoms with Crippen LogP contribution in [0.4, 0.5) is 0 Å². The summed E-state index contributed by atoms with van der Waals surface area (Å²) < 4.78 is 17.1. The molecule has 0 radical (unpaired) electrons. The normalized spacial score (nSPS) is 18.4. The molecule has 6 nitrogen and oxygen atoms in total. The van der Waals surface area contributed by atoms with Crippen LogP contribution in [0.1, 0.15) is 48.8 Å². The maximum atomic E-state index is 12.5. The number of oxazole rings is 1. The highest BCUT2D eigenvalue weighted by Crippen LogP contribution is 2.35. The minimum atomic E-state index is -0.532. The number of rotatable bonds is 8. The molecule has 0 bridgehead atoms. The van der Waals surface area contributed by atoms with Crippen molar-refractivity contribution >= 4 is 5.97 Å². The fraction of sp³-hybridized carbons (Fsp3) is 0.407. The highest BCUT2D eigenvalue weighted by atomic mass is 16.5. The maximum Gasteiger partial charge on any atom is 0.326 e. The molecule has 0 aliphatic carbocycles. The van der Waals surface area contributed by atoms with Gasteiger partial charge >= 0.3 is 5.97 Å². The molecular weight excluding hydrogens is 416 g/mol. The first-order valence-electron chi connectivity index (χ1n) is 11.5. The summed E-state index contributed by atoms with van der Waals surface area (Å²) in [5, 5.41) is 0. The molecule has 1 aliphatic rings. The molecule has 1 aromatic heterocycles. The van der Waals surface area contributed by atoms with Crippen LogP contribution >= 0.6 is 0 Å². The molecule has 0 N–H and O–H groups in total. The first kappa shape index (κ1) is 23.1. The minimum absolute atomic E-state index is 0.138. The molecule has 33 heavy (non-hydrogen) atoms. The molecule has 3 aromatic rings. The number of methoxy groups -OCH3 is 1. The summed E-state index contributed by atoms with van der Waals surface area (Å²) in [7, 11) is 1.47. The van der Waals surface area contributed by atoms with Gasteiger partial charge in [-0.2, -0.15) is 0 Å². The zero-order valence-electron chi connectivity index (χ0n) is 19.9. The van der Waals surface area contributed by atoms with Gasteiger partial charge < -0.3 is 13.9 Å². The molecule has 1 fully saturated rings. The number of hydrogen-bond donors (Lipinski definition) is 0. The van der Waals surface area contributed by atoms with Crippen LogP contribution < -0.4 is 4.74 Å². The van der Waals surface area contributed by atoms with E-state index in [-0.39, 0.29) is 5.97 Å². The van der Waals surface area contributed by atoms with Crippen molar-refractivity contribution in [3.63, 3.8) is 0 Å². The predicted molar refractivity (Wildman–Crippen MR) is 127 cm³/mol. The van der Waals surface area contributed by atoms with Gasteiger partial charge in [-0.1, -0.05) is 36.8 Å². The molecule has 1 unspecified atom stereocenters. The Labute approximate surface area is 195 Å². The second-order valence-electron chi connectivity index (χ2n) is 8.73. The van der Waals surface area contributed by atoms with Gasteiger partial charge in [-0.15, -0.1) is 0 Å². The van der Waals surface area contributed by atoms with Gasteiger partial charge in [0.05, 0.1) is 7.11 Å². The van der Waals surface area contributed by atoms with Crippen molar-refractivity contribution in [3.05, 3.63) is 71.1 Å². The molecule has 1 saturated heterocycles. The number of aryl methyl sites for hydroxylation is 2. The topological polar surface area (TPSA) is 64.8 Å². The van der Waals surface area contributed by atoms with Gasteiger partial charge in [0.2, 0.25) is 5.89 Å². The van der Waals surface area contributed by atoms with Gasteiger partial charge in [0.15, 0.2) is 0 Å². The largest absolute Gasteiger partial charge is 0.487 e. The molecule has 1 atom stereocenters. The maximum absolute atomic E-state index is 12.5. The Bertz CT molecular complexity index is 1110. The number of aromatic nitrogens is 1. The third-order valence-corrected chi connectivity index (χ3v) is 6.61. The van der Waals surface area contributed by atoms with Crippen molar-refractivity contribution in [3.8, 4) is 17.2 Å². The van der Waals surface area contributed by atoms with E-state index in [1.807, 2.05) is 49.4 Å². The van der Waals surface area contributed by atoms with Crippen LogP contribution in [0.5, 0.6) is 5.75 Å². The molecule has 0 saturated carbocycles. The van der Waals surface area contributed by atoms with Crippen LogP contribution in [0.2, 0.25) is 0 Å². The summed E-state index contributed by atoms with van der Waals surface area (Å²) in [5.74, 6) is 1.99. The van der Waals surface area contributed by atoms with Gasteiger partial charge in [-0.25, -0.2) is 4.98 Å². The number of carbonyl (C=O) groups excluding carboxylic acids is 1. The number of ether oxygens (including phenoxy) is 2. The van der Waals surface area contributed by atoms with E-state index < -0.39 is 5.54 Å². The van der Waals surface area contributed by atoms with Crippen LogP contribution in [0, 0.1) is 13.8 Å². The predicted octanol–water partition coefficient (Wildman–Crippen LogP) is 5.46. The van der Waals surface area contributed by atoms with Crippen LogP contribution in [0.15, 0.2) is 52.9 Å². The van der Waals surface area contributed by atoms with E-state index in [0.29, 0.717) is 19.0 Å². The van der Waals surface area contributed by atoms with Gasteiger partial charge in [0.1, 0.15) is 29.3 Å². The van der Waals surface area contributed by atoms with Crippen molar-refractivity contribution in [1.29, 1.82) is 0 Å². The van der Waals surface area contributed by atoms with Crippen molar-refractivity contribution in [2.45, 2.75) is 58.7 Å². The molecule has 2 heterocycles. The lowest BCUT2D eigenvalue weighted by Gasteiger charge is -2.35. The van der Waals surface area contributed by atoms with E-state index in [2.05, 4.69) is 29.8 Å². The monoisotopic (exact) mass is 448 g/mol. The fourth-order valence-electron chi connectivity index (χ4n) is 4.62. The summed E-state index contributed by atoms with van der Waals surface area (Å²) in [5.41, 5.74) is 3.50. The number of hydrogen-bond acceptors (Lipinski definition) is 6. The first-order chi connectivity index (χ1) is 15.9. The van der Waals surface area contributed by atoms with Crippen molar-refractivity contribution < 1.29 is 18.7 Å². The number of esters is 1. The van der Waals surface area contributed by atoms with Gasteiger partial charge in [0, 0.05) is 12.1 Å². The third kappa shape index (κ3) is 4.81. The second-order valence-corrected chi connectivity index (χ2v) is 8.73. The first-order valence-corrected chi connectivity index (χ1v) is 11.5. The third-order valence-electron chi connectivity index (χ3n) is 6.61. The molecular formula is C27H32N2O4. The zero-order valence-corrected chi connectivity index (χ0v) is 19.9. The molecule has 0 amide bonds. The van der Waals surface area contributed by atoms with E-state index in [0.717, 1.165) is 54.1 Å². The van der Waals surface area contributed by atoms with Crippen molar-refractivity contribution in [1.82, 2.24) is 9.88 Å². The average molecular weight is 449 g/mol. The van der Waals surface area contributed by atoms with Crippen LogP contribution in [-0.2, 0) is 22.7 Å². The lowest BCUT2D eigenvalue weighted by atomic mass is 9.92.